The molecule has 5 nitrogen and oxygen atoms in total. The largest absolute Gasteiger partial charge is 0.325 e. The fraction of sp³-hybridized carbons (Fsp3) is 0.333. The van der Waals surface area contributed by atoms with E-state index in [1.54, 1.807) is 24.3 Å². The molecule has 0 spiro atoms. The average molecular weight is 390 g/mol. The van der Waals surface area contributed by atoms with Gasteiger partial charge in [0.2, 0.25) is 5.91 Å². The monoisotopic (exact) mass is 389 g/mol. The Morgan fingerprint density at radius 1 is 0.963 bits per heavy atom. The Morgan fingerprint density at radius 3 is 2.33 bits per heavy atom. The predicted molar refractivity (Wildman–Crippen MR) is 114 cm³/mol. The summed E-state index contributed by atoms with van der Waals surface area (Å²) in [5.41, 5.74) is 2.22. The van der Waals surface area contributed by atoms with Crippen LogP contribution in [0, 0.1) is 5.41 Å². The van der Waals surface area contributed by atoms with Crippen molar-refractivity contribution >= 4 is 35.6 Å². The van der Waals surface area contributed by atoms with E-state index in [0.29, 0.717) is 11.3 Å². The highest BCUT2D eigenvalue weighted by Gasteiger charge is 2.23. The molecular weight excluding hydrogens is 362 g/mol. The molecule has 2 amide bonds. The van der Waals surface area contributed by atoms with Crippen LogP contribution in [0.25, 0.3) is 0 Å². The van der Waals surface area contributed by atoms with Crippen LogP contribution in [0.1, 0.15) is 43.6 Å². The Balaban J connectivity index is 0.00000364. The number of halogens is 1. The lowest BCUT2D eigenvalue weighted by Gasteiger charge is -2.19. The molecule has 2 rings (SSSR count). The minimum atomic E-state index is -0.538. The van der Waals surface area contributed by atoms with Crippen LogP contribution >= 0.6 is 12.4 Å². The summed E-state index contributed by atoms with van der Waals surface area (Å²) in [6, 6.07) is 14.7. The maximum atomic E-state index is 12.7. The van der Waals surface area contributed by atoms with Crippen molar-refractivity contribution in [3.05, 3.63) is 59.7 Å². The lowest BCUT2D eigenvalue weighted by molar-refractivity contribution is -0.123. The molecule has 2 aromatic carbocycles. The number of carbonyl (C=O) groups excluding carboxylic acids is 2. The second kappa shape index (κ2) is 10.1. The van der Waals surface area contributed by atoms with Crippen LogP contribution in [0.5, 0.6) is 0 Å². The molecule has 0 atom stereocenters. The summed E-state index contributed by atoms with van der Waals surface area (Å²) in [5.74, 6) is -0.388. The van der Waals surface area contributed by atoms with E-state index in [4.69, 9.17) is 0 Å². The second-order valence-corrected chi connectivity index (χ2v) is 7.18. The number of carbonyl (C=O) groups is 2. The first-order chi connectivity index (χ1) is 12.3. The molecule has 0 aromatic heterocycles. The van der Waals surface area contributed by atoms with Crippen LogP contribution in [0.4, 0.5) is 11.4 Å². The van der Waals surface area contributed by atoms with Crippen molar-refractivity contribution in [3.63, 3.8) is 0 Å². The summed E-state index contributed by atoms with van der Waals surface area (Å²) in [6.07, 6.45) is 0. The number of nitrogens with one attached hydrogen (secondary N) is 3. The van der Waals surface area contributed by atoms with E-state index in [0.717, 1.165) is 24.3 Å². The zero-order valence-corrected chi connectivity index (χ0v) is 17.1. The van der Waals surface area contributed by atoms with Crippen LogP contribution in [0.3, 0.4) is 0 Å². The van der Waals surface area contributed by atoms with Crippen LogP contribution in [-0.4, -0.2) is 18.4 Å². The lowest BCUT2D eigenvalue weighted by Crippen LogP contribution is -2.28. The van der Waals surface area contributed by atoms with Crippen molar-refractivity contribution < 1.29 is 9.59 Å². The summed E-state index contributed by atoms with van der Waals surface area (Å²) >= 11 is 0. The van der Waals surface area contributed by atoms with Crippen LogP contribution in [0.15, 0.2) is 48.5 Å². The first-order valence-electron chi connectivity index (χ1n) is 8.82. The quantitative estimate of drug-likeness (QED) is 0.683. The summed E-state index contributed by atoms with van der Waals surface area (Å²) < 4.78 is 0. The van der Waals surface area contributed by atoms with E-state index in [9.17, 15) is 9.59 Å². The Kier molecular flexibility index (Phi) is 8.47. The van der Waals surface area contributed by atoms with Gasteiger partial charge in [-0.1, -0.05) is 52.0 Å². The van der Waals surface area contributed by atoms with Gasteiger partial charge >= 0.3 is 0 Å². The number of hydrogen-bond donors (Lipinski definition) is 3. The van der Waals surface area contributed by atoms with Gasteiger partial charge in [0.1, 0.15) is 0 Å². The van der Waals surface area contributed by atoms with E-state index >= 15 is 0 Å². The van der Waals surface area contributed by atoms with Crippen molar-refractivity contribution in [2.45, 2.75) is 34.2 Å². The van der Waals surface area contributed by atoms with Gasteiger partial charge in [-0.15, -0.1) is 12.4 Å². The molecule has 0 unspecified atom stereocenters. The van der Waals surface area contributed by atoms with Crippen molar-refractivity contribution in [1.82, 2.24) is 5.32 Å². The summed E-state index contributed by atoms with van der Waals surface area (Å²) in [4.78, 5) is 25.0. The van der Waals surface area contributed by atoms with E-state index in [2.05, 4.69) is 22.9 Å². The third-order valence-corrected chi connectivity index (χ3v) is 3.87. The average Bonchev–Trinajstić information content (AvgIpc) is 2.60. The van der Waals surface area contributed by atoms with E-state index in [1.807, 2.05) is 45.0 Å². The number of anilines is 2. The van der Waals surface area contributed by atoms with Crippen molar-refractivity contribution in [1.29, 1.82) is 0 Å². The maximum Gasteiger partial charge on any atom is 0.257 e. The maximum absolute atomic E-state index is 12.7. The molecule has 27 heavy (non-hydrogen) atoms. The Bertz CT molecular complexity index is 785. The highest BCUT2D eigenvalue weighted by atomic mass is 35.5. The van der Waals surface area contributed by atoms with E-state index in [1.165, 1.54) is 0 Å². The molecule has 0 aliphatic carbocycles. The summed E-state index contributed by atoms with van der Waals surface area (Å²) in [6.45, 7) is 9.19. The van der Waals surface area contributed by atoms with Gasteiger partial charge in [-0.2, -0.15) is 0 Å². The standard InChI is InChI=1S/C21H27N3O2.ClH/c1-5-22-14-15-9-8-10-16(13-15)23-19(25)17-11-6-7-12-18(17)24-20(26)21(2,3)4;/h6-13,22H,5,14H2,1-4H3,(H,23,25)(H,24,26);1H. The van der Waals surface area contributed by atoms with Gasteiger partial charge in [-0.05, 0) is 36.4 Å². The number of para-hydroxylation sites is 1. The Labute approximate surface area is 167 Å². The smallest absolute Gasteiger partial charge is 0.257 e. The fourth-order valence-corrected chi connectivity index (χ4v) is 2.33. The highest BCUT2D eigenvalue weighted by Crippen LogP contribution is 2.22. The molecule has 146 valence electrons. The van der Waals surface area contributed by atoms with Gasteiger partial charge in [0.25, 0.3) is 5.91 Å². The second-order valence-electron chi connectivity index (χ2n) is 7.18. The number of benzene rings is 2. The zero-order valence-electron chi connectivity index (χ0n) is 16.3. The SMILES string of the molecule is CCNCc1cccc(NC(=O)c2ccccc2NC(=O)C(C)(C)C)c1.Cl. The van der Waals surface area contributed by atoms with Gasteiger partial charge in [-0.3, -0.25) is 9.59 Å². The molecule has 0 saturated carbocycles. The van der Waals surface area contributed by atoms with Crippen molar-refractivity contribution in [2.24, 2.45) is 5.41 Å². The molecule has 0 fully saturated rings. The molecule has 0 aliphatic heterocycles. The molecule has 2 aromatic rings. The molecule has 0 aliphatic rings. The zero-order chi connectivity index (χ0) is 19.2. The predicted octanol–water partition coefficient (Wildman–Crippen LogP) is 4.45. The topological polar surface area (TPSA) is 70.2 Å². The number of hydrogen-bond acceptors (Lipinski definition) is 3. The summed E-state index contributed by atoms with van der Waals surface area (Å²) in [5, 5.41) is 9.02. The Hall–Kier alpha value is -2.37. The minimum absolute atomic E-state index is 0. The third kappa shape index (κ3) is 6.70. The first-order valence-corrected chi connectivity index (χ1v) is 8.82. The van der Waals surface area contributed by atoms with E-state index < -0.39 is 5.41 Å². The molecular formula is C21H28ClN3O2. The molecule has 3 N–H and O–H groups in total. The van der Waals surface area contributed by atoms with Crippen molar-refractivity contribution in [2.75, 3.05) is 17.2 Å². The normalized spacial score (nSPS) is 10.7. The highest BCUT2D eigenvalue weighted by molar-refractivity contribution is 6.10. The number of rotatable bonds is 6. The fourth-order valence-electron chi connectivity index (χ4n) is 2.33. The third-order valence-electron chi connectivity index (χ3n) is 3.87. The number of amides is 2. The van der Waals surface area contributed by atoms with Gasteiger partial charge < -0.3 is 16.0 Å². The van der Waals surface area contributed by atoms with Crippen LogP contribution in [-0.2, 0) is 11.3 Å². The van der Waals surface area contributed by atoms with Gasteiger partial charge in [0.05, 0.1) is 11.3 Å². The minimum Gasteiger partial charge on any atom is -0.325 e. The van der Waals surface area contributed by atoms with Crippen LogP contribution in [0.2, 0.25) is 0 Å². The first kappa shape index (κ1) is 22.7. The van der Waals surface area contributed by atoms with Gasteiger partial charge in [0.15, 0.2) is 0 Å². The molecule has 6 heteroatoms. The summed E-state index contributed by atoms with van der Waals surface area (Å²) in [7, 11) is 0. The molecule has 0 radical (unpaired) electrons. The molecule has 0 saturated heterocycles. The van der Waals surface area contributed by atoms with Gasteiger partial charge in [-0.25, -0.2) is 0 Å². The molecule has 0 heterocycles. The Morgan fingerprint density at radius 2 is 1.67 bits per heavy atom. The van der Waals surface area contributed by atoms with Gasteiger partial charge in [0, 0.05) is 17.6 Å². The van der Waals surface area contributed by atoms with Crippen molar-refractivity contribution in [3.8, 4) is 0 Å². The molecule has 0 bridgehead atoms. The van der Waals surface area contributed by atoms with E-state index in [-0.39, 0.29) is 24.2 Å². The lowest BCUT2D eigenvalue weighted by atomic mass is 9.95. The van der Waals surface area contributed by atoms with Crippen LogP contribution < -0.4 is 16.0 Å².